The first-order valence-electron chi connectivity index (χ1n) is 12.7. The van der Waals surface area contributed by atoms with Gasteiger partial charge in [-0.2, -0.15) is 0 Å². The number of unbranched alkanes of at least 4 members (excludes halogenated alkanes) is 6. The number of hydrogen-bond acceptors (Lipinski definition) is 2. The van der Waals surface area contributed by atoms with Crippen molar-refractivity contribution in [3.05, 3.63) is 93.6 Å². The molecule has 0 amide bonds. The third-order valence-electron chi connectivity index (χ3n) is 6.44. The fourth-order valence-corrected chi connectivity index (χ4v) is 4.39. The van der Waals surface area contributed by atoms with Gasteiger partial charge < -0.3 is 4.42 Å². The summed E-state index contributed by atoms with van der Waals surface area (Å²) in [7, 11) is 0. The van der Waals surface area contributed by atoms with E-state index in [-0.39, 0.29) is 11.2 Å². The summed E-state index contributed by atoms with van der Waals surface area (Å²) in [5.41, 5.74) is 1.28. The molecule has 34 heavy (non-hydrogen) atoms. The highest BCUT2D eigenvalue weighted by Crippen LogP contribution is 2.22. The molecule has 0 radical (unpaired) electrons. The third-order valence-corrected chi connectivity index (χ3v) is 6.44. The van der Waals surface area contributed by atoms with E-state index in [1.54, 1.807) is 30.3 Å². The number of fused-ring (bicyclic) bond motifs is 1. The Balaban J connectivity index is 1.63. The van der Waals surface area contributed by atoms with Gasteiger partial charge >= 0.3 is 5.63 Å². The molecular weight excluding hydrogens is 430 g/mol. The Bertz CT molecular complexity index is 1150. The van der Waals surface area contributed by atoms with Crippen molar-refractivity contribution in [1.29, 1.82) is 0 Å². The van der Waals surface area contributed by atoms with E-state index >= 15 is 4.39 Å². The van der Waals surface area contributed by atoms with Crippen LogP contribution in [0.5, 0.6) is 0 Å². The Morgan fingerprint density at radius 2 is 1.59 bits per heavy atom. The first kappa shape index (κ1) is 25.9. The van der Waals surface area contributed by atoms with Crippen molar-refractivity contribution < 1.29 is 13.2 Å². The topological polar surface area (TPSA) is 30.2 Å². The number of benzene rings is 2. The van der Waals surface area contributed by atoms with Crippen LogP contribution in [0.2, 0.25) is 0 Å². The van der Waals surface area contributed by atoms with Crippen LogP contribution in [-0.4, -0.2) is 0 Å². The molecule has 0 aliphatic heterocycles. The molecule has 0 aliphatic carbocycles. The van der Waals surface area contributed by atoms with Crippen molar-refractivity contribution in [2.24, 2.45) is 0 Å². The monoisotopic (exact) mass is 466 g/mol. The van der Waals surface area contributed by atoms with Crippen molar-refractivity contribution in [2.75, 3.05) is 0 Å². The van der Waals surface area contributed by atoms with E-state index in [2.05, 4.69) is 13.5 Å². The molecule has 3 rings (SSSR count). The van der Waals surface area contributed by atoms with Gasteiger partial charge in [0.15, 0.2) is 0 Å². The highest BCUT2D eigenvalue weighted by atomic mass is 19.1. The Morgan fingerprint density at radius 1 is 0.853 bits per heavy atom. The molecule has 182 valence electrons. The molecule has 0 aliphatic rings. The predicted molar refractivity (Wildman–Crippen MR) is 136 cm³/mol. The van der Waals surface area contributed by atoms with Gasteiger partial charge in [-0.25, -0.2) is 13.6 Å². The molecule has 2 aromatic carbocycles. The van der Waals surface area contributed by atoms with Gasteiger partial charge in [0.2, 0.25) is 0 Å². The standard InChI is InChI=1S/C30H36F2O2/c1-3-5-7-8-9-10-11-13-26-21-25-19-18-24(29(32)28(25)30(33)34-26)17-15-22-14-16-23(12-6-4-2)27(31)20-22/h4,14,16,18-21H,2-3,5-13,15,17H2,1H3. The Kier molecular flexibility index (Phi) is 10.1. The number of aryl methyl sites for hydroxylation is 4. The van der Waals surface area contributed by atoms with E-state index in [1.807, 2.05) is 6.07 Å². The van der Waals surface area contributed by atoms with Crippen LogP contribution in [0.25, 0.3) is 10.8 Å². The van der Waals surface area contributed by atoms with E-state index in [0.29, 0.717) is 48.0 Å². The van der Waals surface area contributed by atoms with Crippen LogP contribution in [0.4, 0.5) is 8.78 Å². The quantitative estimate of drug-likeness (QED) is 0.177. The summed E-state index contributed by atoms with van der Waals surface area (Å²) in [5, 5.41) is 0.583. The molecule has 4 heteroatoms. The predicted octanol–water partition coefficient (Wildman–Crippen LogP) is 8.27. The molecule has 3 aromatic rings. The zero-order valence-corrected chi connectivity index (χ0v) is 20.3. The van der Waals surface area contributed by atoms with Crippen LogP contribution in [0.1, 0.15) is 80.7 Å². The van der Waals surface area contributed by atoms with Crippen molar-refractivity contribution in [2.45, 2.75) is 84.0 Å². The fraction of sp³-hybridized carbons (Fsp3) is 0.433. The number of hydrogen-bond donors (Lipinski definition) is 0. The van der Waals surface area contributed by atoms with Gasteiger partial charge in [-0.15, -0.1) is 6.58 Å². The van der Waals surface area contributed by atoms with Crippen LogP contribution in [0, 0.1) is 11.6 Å². The lowest BCUT2D eigenvalue weighted by molar-refractivity contribution is 0.452. The maximum Gasteiger partial charge on any atom is 0.346 e. The van der Waals surface area contributed by atoms with Crippen molar-refractivity contribution >= 4 is 10.8 Å². The second-order valence-corrected chi connectivity index (χ2v) is 9.13. The van der Waals surface area contributed by atoms with Gasteiger partial charge in [-0.05, 0) is 66.3 Å². The van der Waals surface area contributed by atoms with Crippen LogP contribution < -0.4 is 5.63 Å². The lowest BCUT2D eigenvalue weighted by Gasteiger charge is -2.09. The lowest BCUT2D eigenvalue weighted by atomic mass is 9.99. The number of halogens is 2. The van der Waals surface area contributed by atoms with Gasteiger partial charge in [0.25, 0.3) is 0 Å². The molecule has 0 unspecified atom stereocenters. The molecule has 1 heterocycles. The summed E-state index contributed by atoms with van der Waals surface area (Å²) < 4.78 is 34.9. The first-order valence-corrected chi connectivity index (χ1v) is 12.7. The Morgan fingerprint density at radius 3 is 2.32 bits per heavy atom. The highest BCUT2D eigenvalue weighted by Gasteiger charge is 2.14. The summed E-state index contributed by atoms with van der Waals surface area (Å²) in [4.78, 5) is 12.6. The zero-order chi connectivity index (χ0) is 24.3. The second kappa shape index (κ2) is 13.2. The van der Waals surface area contributed by atoms with Crippen LogP contribution in [0.15, 0.2) is 58.3 Å². The van der Waals surface area contributed by atoms with E-state index < -0.39 is 11.4 Å². The van der Waals surface area contributed by atoms with E-state index in [4.69, 9.17) is 4.42 Å². The summed E-state index contributed by atoms with van der Waals surface area (Å²) >= 11 is 0. The van der Waals surface area contributed by atoms with Gasteiger partial charge in [0, 0.05) is 6.42 Å². The summed E-state index contributed by atoms with van der Waals surface area (Å²) in [6.45, 7) is 5.88. The minimum absolute atomic E-state index is 0.00627. The molecule has 1 aromatic heterocycles. The molecular formula is C30H36F2O2. The van der Waals surface area contributed by atoms with E-state index in [1.165, 1.54) is 38.2 Å². The van der Waals surface area contributed by atoms with Crippen molar-refractivity contribution in [1.82, 2.24) is 0 Å². The van der Waals surface area contributed by atoms with E-state index in [9.17, 15) is 9.18 Å². The first-order chi connectivity index (χ1) is 16.5. The van der Waals surface area contributed by atoms with Gasteiger partial charge in [-0.1, -0.05) is 75.8 Å². The molecule has 0 saturated carbocycles. The maximum absolute atomic E-state index is 15.2. The molecule has 2 nitrogen and oxygen atoms in total. The van der Waals surface area contributed by atoms with Crippen LogP contribution in [0.3, 0.4) is 0 Å². The van der Waals surface area contributed by atoms with Gasteiger partial charge in [0.1, 0.15) is 22.8 Å². The molecule has 0 N–H and O–H groups in total. The van der Waals surface area contributed by atoms with E-state index in [0.717, 1.165) is 24.8 Å². The minimum atomic E-state index is -0.618. The van der Waals surface area contributed by atoms with Crippen molar-refractivity contribution in [3.8, 4) is 0 Å². The normalized spacial score (nSPS) is 11.3. The van der Waals surface area contributed by atoms with Gasteiger partial charge in [-0.3, -0.25) is 0 Å². The zero-order valence-electron chi connectivity index (χ0n) is 20.3. The maximum atomic E-state index is 15.2. The van der Waals surface area contributed by atoms with Gasteiger partial charge in [0.05, 0.1) is 0 Å². The lowest BCUT2D eigenvalue weighted by Crippen LogP contribution is -2.07. The number of allylic oxidation sites excluding steroid dienone is 1. The van der Waals surface area contributed by atoms with Crippen molar-refractivity contribution in [3.63, 3.8) is 0 Å². The average molecular weight is 467 g/mol. The minimum Gasteiger partial charge on any atom is -0.427 e. The smallest absolute Gasteiger partial charge is 0.346 e. The molecule has 0 bridgehead atoms. The molecule has 0 saturated heterocycles. The van der Waals surface area contributed by atoms with Crippen LogP contribution in [-0.2, 0) is 25.7 Å². The Hall–Kier alpha value is -2.75. The Labute approximate surface area is 201 Å². The molecule has 0 spiro atoms. The second-order valence-electron chi connectivity index (χ2n) is 9.13. The summed E-state index contributed by atoms with van der Waals surface area (Å²) in [6, 6.07) is 10.5. The third kappa shape index (κ3) is 7.12. The molecule has 0 fully saturated rings. The molecule has 0 atom stereocenters. The van der Waals surface area contributed by atoms with Crippen LogP contribution >= 0.6 is 0 Å². The highest BCUT2D eigenvalue weighted by molar-refractivity contribution is 5.82. The summed E-state index contributed by atoms with van der Waals surface area (Å²) in [6.07, 6.45) is 13.0. The average Bonchev–Trinajstić information content (AvgIpc) is 2.82. The number of rotatable bonds is 14. The summed E-state index contributed by atoms with van der Waals surface area (Å²) in [5.74, 6) is -0.158. The largest absolute Gasteiger partial charge is 0.427 e. The SMILES string of the molecule is C=CCCc1ccc(CCc2ccc3cc(CCCCCCCCC)oc(=O)c3c2F)cc1F. The fourth-order valence-electron chi connectivity index (χ4n) is 4.39.